The van der Waals surface area contributed by atoms with Crippen molar-refractivity contribution in [1.82, 2.24) is 20.1 Å². The first-order chi connectivity index (χ1) is 9.85. The molecule has 0 aliphatic carbocycles. The van der Waals surface area contributed by atoms with Gasteiger partial charge in [-0.1, -0.05) is 17.3 Å². The Morgan fingerprint density at radius 1 is 1.25 bits per heavy atom. The maximum atomic E-state index is 5.33. The van der Waals surface area contributed by atoms with E-state index in [2.05, 4.69) is 20.1 Å². The van der Waals surface area contributed by atoms with Gasteiger partial charge in [-0.3, -0.25) is 0 Å². The SMILES string of the molecule is NCCOCc1nc(Cc2nc3ccccc3[nH]2)no1. The monoisotopic (exact) mass is 273 g/mol. The van der Waals surface area contributed by atoms with Crippen molar-refractivity contribution in [2.45, 2.75) is 13.0 Å². The number of aromatic nitrogens is 4. The van der Waals surface area contributed by atoms with E-state index >= 15 is 0 Å². The van der Waals surface area contributed by atoms with E-state index < -0.39 is 0 Å². The summed E-state index contributed by atoms with van der Waals surface area (Å²) < 4.78 is 10.3. The Hall–Kier alpha value is -2.25. The highest BCUT2D eigenvalue weighted by molar-refractivity contribution is 5.74. The highest BCUT2D eigenvalue weighted by atomic mass is 16.5. The number of aromatic amines is 1. The van der Waals surface area contributed by atoms with Gasteiger partial charge in [0.25, 0.3) is 5.89 Å². The van der Waals surface area contributed by atoms with Crippen LogP contribution in [-0.2, 0) is 17.8 Å². The third kappa shape index (κ3) is 2.84. The largest absolute Gasteiger partial charge is 0.370 e. The summed E-state index contributed by atoms with van der Waals surface area (Å²) in [5.41, 5.74) is 7.26. The fourth-order valence-electron chi connectivity index (χ4n) is 1.90. The molecule has 3 aromatic rings. The first kappa shape index (κ1) is 12.8. The lowest BCUT2D eigenvalue weighted by molar-refractivity contribution is 0.104. The van der Waals surface area contributed by atoms with E-state index in [1.165, 1.54) is 0 Å². The second kappa shape index (κ2) is 5.81. The number of para-hydroxylation sites is 2. The molecule has 2 aromatic heterocycles. The Balaban J connectivity index is 1.68. The normalized spacial score (nSPS) is 11.2. The van der Waals surface area contributed by atoms with Gasteiger partial charge in [0.1, 0.15) is 12.4 Å². The molecule has 0 saturated carbocycles. The molecule has 0 spiro atoms. The Labute approximate surface area is 115 Å². The Morgan fingerprint density at radius 2 is 2.15 bits per heavy atom. The van der Waals surface area contributed by atoms with Crippen molar-refractivity contribution < 1.29 is 9.26 Å². The fourth-order valence-corrected chi connectivity index (χ4v) is 1.90. The first-order valence-electron chi connectivity index (χ1n) is 6.38. The molecule has 0 aliphatic rings. The zero-order valence-electron chi connectivity index (χ0n) is 10.9. The maximum Gasteiger partial charge on any atom is 0.252 e. The summed E-state index contributed by atoms with van der Waals surface area (Å²) in [5.74, 6) is 1.83. The standard InChI is InChI=1S/C13H15N5O2/c14-5-6-19-8-13-17-12(18-20-13)7-11-15-9-3-1-2-4-10(9)16-11/h1-4H,5-8,14H2,(H,15,16). The van der Waals surface area contributed by atoms with Crippen molar-refractivity contribution in [1.29, 1.82) is 0 Å². The molecule has 7 heteroatoms. The molecule has 0 radical (unpaired) electrons. The summed E-state index contributed by atoms with van der Waals surface area (Å²) in [6, 6.07) is 7.85. The van der Waals surface area contributed by atoms with Gasteiger partial charge in [-0.05, 0) is 12.1 Å². The molecule has 0 unspecified atom stereocenters. The Kier molecular flexibility index (Phi) is 3.71. The molecule has 7 nitrogen and oxygen atoms in total. The molecule has 0 atom stereocenters. The molecule has 0 saturated heterocycles. The van der Waals surface area contributed by atoms with Crippen molar-refractivity contribution >= 4 is 11.0 Å². The highest BCUT2D eigenvalue weighted by Crippen LogP contribution is 2.12. The smallest absolute Gasteiger partial charge is 0.252 e. The average Bonchev–Trinajstić information content (AvgIpc) is 3.05. The molecular weight excluding hydrogens is 258 g/mol. The van der Waals surface area contributed by atoms with Crippen molar-refractivity contribution in [3.63, 3.8) is 0 Å². The number of benzene rings is 1. The van der Waals surface area contributed by atoms with Crippen LogP contribution in [0.4, 0.5) is 0 Å². The van der Waals surface area contributed by atoms with Gasteiger partial charge in [-0.25, -0.2) is 4.98 Å². The lowest BCUT2D eigenvalue weighted by Crippen LogP contribution is -2.08. The number of H-pyrrole nitrogens is 1. The number of hydrogen-bond donors (Lipinski definition) is 2. The van der Waals surface area contributed by atoms with Crippen LogP contribution in [0, 0.1) is 0 Å². The van der Waals surface area contributed by atoms with E-state index in [0.29, 0.717) is 31.3 Å². The van der Waals surface area contributed by atoms with E-state index in [1.807, 2.05) is 24.3 Å². The van der Waals surface area contributed by atoms with Crippen LogP contribution in [0.3, 0.4) is 0 Å². The minimum Gasteiger partial charge on any atom is -0.370 e. The predicted octanol–water partition coefficient (Wildman–Crippen LogP) is 1.01. The number of nitrogens with one attached hydrogen (secondary N) is 1. The number of rotatable bonds is 6. The van der Waals surface area contributed by atoms with Crippen LogP contribution in [0.15, 0.2) is 28.8 Å². The second-order valence-electron chi connectivity index (χ2n) is 4.32. The van der Waals surface area contributed by atoms with Crippen LogP contribution < -0.4 is 5.73 Å². The summed E-state index contributed by atoms with van der Waals surface area (Å²) in [6.07, 6.45) is 0.495. The summed E-state index contributed by atoms with van der Waals surface area (Å²) in [6.45, 7) is 1.23. The van der Waals surface area contributed by atoms with Gasteiger partial charge in [0.15, 0.2) is 5.82 Å². The molecule has 0 fully saturated rings. The molecule has 2 heterocycles. The van der Waals surface area contributed by atoms with Gasteiger partial charge in [-0.15, -0.1) is 0 Å². The maximum absolute atomic E-state index is 5.33. The lowest BCUT2D eigenvalue weighted by atomic mass is 10.3. The molecule has 3 N–H and O–H groups in total. The fraction of sp³-hybridized carbons (Fsp3) is 0.308. The number of ether oxygens (including phenoxy) is 1. The Bertz CT molecular complexity index is 658. The van der Waals surface area contributed by atoms with E-state index in [-0.39, 0.29) is 6.61 Å². The van der Waals surface area contributed by atoms with Crippen LogP contribution in [0.25, 0.3) is 11.0 Å². The molecule has 3 rings (SSSR count). The number of nitrogens with zero attached hydrogens (tertiary/aromatic N) is 3. The third-order valence-electron chi connectivity index (χ3n) is 2.76. The van der Waals surface area contributed by atoms with Gasteiger partial charge < -0.3 is 20.0 Å². The molecule has 0 amide bonds. The summed E-state index contributed by atoms with van der Waals surface area (Å²) in [4.78, 5) is 11.9. The highest BCUT2D eigenvalue weighted by Gasteiger charge is 2.10. The zero-order chi connectivity index (χ0) is 13.8. The van der Waals surface area contributed by atoms with Crippen LogP contribution >= 0.6 is 0 Å². The quantitative estimate of drug-likeness (QED) is 0.650. The average molecular weight is 273 g/mol. The topological polar surface area (TPSA) is 103 Å². The van der Waals surface area contributed by atoms with Crippen molar-refractivity contribution in [2.24, 2.45) is 5.73 Å². The van der Waals surface area contributed by atoms with Crippen molar-refractivity contribution in [3.8, 4) is 0 Å². The summed E-state index contributed by atoms with van der Waals surface area (Å²) in [5, 5.41) is 3.90. The van der Waals surface area contributed by atoms with E-state index in [4.69, 9.17) is 15.0 Å². The number of fused-ring (bicyclic) bond motifs is 1. The predicted molar refractivity (Wildman–Crippen MR) is 71.9 cm³/mol. The summed E-state index contributed by atoms with van der Waals surface area (Å²) in [7, 11) is 0. The number of imidazole rings is 1. The van der Waals surface area contributed by atoms with Gasteiger partial charge in [0, 0.05) is 6.54 Å². The minimum atomic E-state index is 0.282. The Morgan fingerprint density at radius 3 is 3.00 bits per heavy atom. The number of nitrogens with two attached hydrogens (primary N) is 1. The van der Waals surface area contributed by atoms with Gasteiger partial charge >= 0.3 is 0 Å². The minimum absolute atomic E-state index is 0.282. The van der Waals surface area contributed by atoms with E-state index in [1.54, 1.807) is 0 Å². The third-order valence-corrected chi connectivity index (χ3v) is 2.76. The zero-order valence-corrected chi connectivity index (χ0v) is 10.9. The first-order valence-corrected chi connectivity index (χ1v) is 6.38. The summed E-state index contributed by atoms with van der Waals surface area (Å²) >= 11 is 0. The van der Waals surface area contributed by atoms with Crippen LogP contribution in [0.1, 0.15) is 17.5 Å². The van der Waals surface area contributed by atoms with Gasteiger partial charge in [0.05, 0.1) is 24.1 Å². The van der Waals surface area contributed by atoms with Gasteiger partial charge in [0.2, 0.25) is 0 Å². The molecule has 1 aromatic carbocycles. The molecule has 20 heavy (non-hydrogen) atoms. The molecular formula is C13H15N5O2. The van der Waals surface area contributed by atoms with Crippen LogP contribution in [0.5, 0.6) is 0 Å². The van der Waals surface area contributed by atoms with Crippen LogP contribution in [-0.4, -0.2) is 33.3 Å². The van der Waals surface area contributed by atoms with Crippen molar-refractivity contribution in [3.05, 3.63) is 41.8 Å². The van der Waals surface area contributed by atoms with E-state index in [0.717, 1.165) is 16.9 Å². The number of hydrogen-bond acceptors (Lipinski definition) is 6. The molecule has 0 bridgehead atoms. The molecule has 0 aliphatic heterocycles. The van der Waals surface area contributed by atoms with Gasteiger partial charge in [-0.2, -0.15) is 4.98 Å². The van der Waals surface area contributed by atoms with E-state index in [9.17, 15) is 0 Å². The van der Waals surface area contributed by atoms with Crippen LogP contribution in [0.2, 0.25) is 0 Å². The molecule has 104 valence electrons. The van der Waals surface area contributed by atoms with Crippen molar-refractivity contribution in [2.75, 3.05) is 13.2 Å². The second-order valence-corrected chi connectivity index (χ2v) is 4.32. The lowest BCUT2D eigenvalue weighted by Gasteiger charge is -1.95.